The molecule has 0 radical (unpaired) electrons. The van der Waals surface area contributed by atoms with E-state index in [9.17, 15) is 9.59 Å². The molecule has 9 heteroatoms. The average molecular weight is 298 g/mol. The standard InChI is InChI=1S/C11H18N6O2S/c1-6(2)4-14-10(19)17-9(18)5-20-11-15-7(12)3-8(13)16-11/h3,6H,4-5H2,1-2H3,(H4,12,13,15,16)(H2,14,17,18,19). The van der Waals surface area contributed by atoms with Crippen LogP contribution in [0.3, 0.4) is 0 Å². The predicted octanol–water partition coefficient (Wildman–Crippen LogP) is 0.215. The highest BCUT2D eigenvalue weighted by atomic mass is 32.2. The Bertz CT molecular complexity index is 474. The Morgan fingerprint density at radius 1 is 1.30 bits per heavy atom. The number of hydrogen-bond acceptors (Lipinski definition) is 7. The number of nitrogens with zero attached hydrogens (tertiary/aromatic N) is 2. The summed E-state index contributed by atoms with van der Waals surface area (Å²) in [5.41, 5.74) is 11.0. The lowest BCUT2D eigenvalue weighted by Gasteiger charge is -2.08. The molecular weight excluding hydrogens is 280 g/mol. The van der Waals surface area contributed by atoms with Crippen LogP contribution in [0.5, 0.6) is 0 Å². The van der Waals surface area contributed by atoms with Gasteiger partial charge in [-0.25, -0.2) is 14.8 Å². The first-order chi connectivity index (χ1) is 9.36. The number of amides is 3. The van der Waals surface area contributed by atoms with Crippen LogP contribution < -0.4 is 22.1 Å². The Morgan fingerprint density at radius 2 is 1.90 bits per heavy atom. The highest BCUT2D eigenvalue weighted by molar-refractivity contribution is 7.99. The zero-order valence-corrected chi connectivity index (χ0v) is 12.2. The molecule has 1 aromatic heterocycles. The fraction of sp³-hybridized carbons (Fsp3) is 0.455. The summed E-state index contributed by atoms with van der Waals surface area (Å²) in [6.07, 6.45) is 0. The predicted molar refractivity (Wildman–Crippen MR) is 78.0 cm³/mol. The van der Waals surface area contributed by atoms with Crippen molar-refractivity contribution in [1.82, 2.24) is 20.6 Å². The molecule has 20 heavy (non-hydrogen) atoms. The maximum atomic E-state index is 11.5. The molecule has 0 saturated heterocycles. The maximum absolute atomic E-state index is 11.5. The highest BCUT2D eigenvalue weighted by Crippen LogP contribution is 2.15. The third kappa shape index (κ3) is 6.23. The average Bonchev–Trinajstić information content (AvgIpc) is 2.33. The normalized spacial score (nSPS) is 10.3. The number of nitrogens with two attached hydrogens (primary N) is 2. The number of carbonyl (C=O) groups is 2. The van der Waals surface area contributed by atoms with Crippen LogP contribution in [0, 0.1) is 5.92 Å². The minimum Gasteiger partial charge on any atom is -0.383 e. The highest BCUT2D eigenvalue weighted by Gasteiger charge is 2.10. The molecule has 8 nitrogen and oxygen atoms in total. The summed E-state index contributed by atoms with van der Waals surface area (Å²) < 4.78 is 0. The molecule has 0 saturated carbocycles. The van der Waals surface area contributed by atoms with Crippen molar-refractivity contribution in [2.75, 3.05) is 23.8 Å². The monoisotopic (exact) mass is 298 g/mol. The molecular formula is C11H18N6O2S. The van der Waals surface area contributed by atoms with Gasteiger partial charge in [-0.15, -0.1) is 0 Å². The van der Waals surface area contributed by atoms with Crippen molar-refractivity contribution in [1.29, 1.82) is 0 Å². The summed E-state index contributed by atoms with van der Waals surface area (Å²) in [6.45, 7) is 4.42. The van der Waals surface area contributed by atoms with Gasteiger partial charge in [0.1, 0.15) is 11.6 Å². The Balaban J connectivity index is 2.37. The number of carbonyl (C=O) groups excluding carboxylic acids is 2. The lowest BCUT2D eigenvalue weighted by Crippen LogP contribution is -2.41. The molecule has 1 heterocycles. The van der Waals surface area contributed by atoms with Crippen LogP contribution in [0.1, 0.15) is 13.8 Å². The second-order valence-electron chi connectivity index (χ2n) is 4.44. The molecule has 1 aromatic rings. The van der Waals surface area contributed by atoms with Crippen LogP contribution in [0.2, 0.25) is 0 Å². The molecule has 0 bridgehead atoms. The summed E-state index contributed by atoms with van der Waals surface area (Å²) in [4.78, 5) is 30.7. The van der Waals surface area contributed by atoms with Gasteiger partial charge in [-0.3, -0.25) is 10.1 Å². The smallest absolute Gasteiger partial charge is 0.321 e. The minimum atomic E-state index is -0.516. The first kappa shape index (κ1) is 16.0. The third-order valence-electron chi connectivity index (χ3n) is 2.00. The quantitative estimate of drug-likeness (QED) is 0.450. The second kappa shape index (κ2) is 7.53. The maximum Gasteiger partial charge on any atom is 0.321 e. The second-order valence-corrected chi connectivity index (χ2v) is 5.38. The number of thioether (sulfide) groups is 1. The number of rotatable bonds is 5. The zero-order chi connectivity index (χ0) is 15.1. The number of hydrogen-bond donors (Lipinski definition) is 4. The summed E-state index contributed by atoms with van der Waals surface area (Å²) in [5.74, 6) is 0.331. The molecule has 110 valence electrons. The fourth-order valence-electron chi connectivity index (χ4n) is 1.16. The van der Waals surface area contributed by atoms with E-state index < -0.39 is 11.9 Å². The minimum absolute atomic E-state index is 0.00199. The zero-order valence-electron chi connectivity index (χ0n) is 11.3. The van der Waals surface area contributed by atoms with E-state index in [2.05, 4.69) is 20.6 Å². The van der Waals surface area contributed by atoms with Gasteiger partial charge in [-0.1, -0.05) is 25.6 Å². The summed E-state index contributed by atoms with van der Waals surface area (Å²) in [5, 5.41) is 5.08. The van der Waals surface area contributed by atoms with E-state index in [0.717, 1.165) is 11.8 Å². The molecule has 1 rings (SSSR count). The molecule has 3 amide bonds. The van der Waals surface area contributed by atoms with Crippen LogP contribution in [0.25, 0.3) is 0 Å². The van der Waals surface area contributed by atoms with E-state index in [-0.39, 0.29) is 17.4 Å². The number of nitrogen functional groups attached to an aromatic ring is 2. The lowest BCUT2D eigenvalue weighted by atomic mass is 10.2. The largest absolute Gasteiger partial charge is 0.383 e. The molecule has 0 unspecified atom stereocenters. The third-order valence-corrected chi connectivity index (χ3v) is 2.85. The van der Waals surface area contributed by atoms with Gasteiger partial charge in [0.05, 0.1) is 5.75 Å². The van der Waals surface area contributed by atoms with E-state index in [4.69, 9.17) is 11.5 Å². The van der Waals surface area contributed by atoms with Crippen molar-refractivity contribution in [3.8, 4) is 0 Å². The summed E-state index contributed by atoms with van der Waals surface area (Å²) in [6, 6.07) is 0.904. The van der Waals surface area contributed by atoms with E-state index in [0.29, 0.717) is 17.6 Å². The van der Waals surface area contributed by atoms with Crippen molar-refractivity contribution >= 4 is 35.3 Å². The van der Waals surface area contributed by atoms with E-state index >= 15 is 0 Å². The van der Waals surface area contributed by atoms with E-state index in [1.807, 2.05) is 13.8 Å². The van der Waals surface area contributed by atoms with Crippen LogP contribution in [-0.4, -0.2) is 34.2 Å². The Hall–Kier alpha value is -2.03. The van der Waals surface area contributed by atoms with Crippen molar-refractivity contribution < 1.29 is 9.59 Å². The molecule has 0 aliphatic carbocycles. The molecule has 0 aliphatic heterocycles. The van der Waals surface area contributed by atoms with Gasteiger partial charge in [0.15, 0.2) is 5.16 Å². The van der Waals surface area contributed by atoms with Gasteiger partial charge in [-0.2, -0.15) is 0 Å². The van der Waals surface area contributed by atoms with Gasteiger partial charge < -0.3 is 16.8 Å². The SMILES string of the molecule is CC(C)CNC(=O)NC(=O)CSc1nc(N)cc(N)n1. The molecule has 0 aromatic carbocycles. The van der Waals surface area contributed by atoms with E-state index in [1.54, 1.807) is 0 Å². The Kier molecular flexibility index (Phi) is 6.04. The van der Waals surface area contributed by atoms with E-state index in [1.165, 1.54) is 6.07 Å². The van der Waals surface area contributed by atoms with Crippen molar-refractivity contribution in [3.05, 3.63) is 6.07 Å². The Morgan fingerprint density at radius 3 is 2.45 bits per heavy atom. The summed E-state index contributed by atoms with van der Waals surface area (Å²) >= 11 is 1.05. The molecule has 0 aliphatic rings. The number of urea groups is 1. The van der Waals surface area contributed by atoms with Gasteiger partial charge in [0.2, 0.25) is 5.91 Å². The topological polar surface area (TPSA) is 136 Å². The number of aromatic nitrogens is 2. The van der Waals surface area contributed by atoms with Crippen LogP contribution in [0.15, 0.2) is 11.2 Å². The van der Waals surface area contributed by atoms with Crippen LogP contribution >= 0.6 is 11.8 Å². The molecule has 0 spiro atoms. The fourth-order valence-corrected chi connectivity index (χ4v) is 1.83. The van der Waals surface area contributed by atoms with Crippen molar-refractivity contribution in [2.24, 2.45) is 5.92 Å². The number of nitrogens with one attached hydrogen (secondary N) is 2. The van der Waals surface area contributed by atoms with Crippen LogP contribution in [0.4, 0.5) is 16.4 Å². The van der Waals surface area contributed by atoms with Gasteiger partial charge in [0, 0.05) is 12.6 Å². The lowest BCUT2D eigenvalue weighted by molar-refractivity contribution is -0.117. The summed E-state index contributed by atoms with van der Waals surface area (Å²) in [7, 11) is 0. The number of imide groups is 1. The number of anilines is 2. The van der Waals surface area contributed by atoms with Crippen molar-refractivity contribution in [2.45, 2.75) is 19.0 Å². The first-order valence-corrected chi connectivity index (χ1v) is 6.96. The molecule has 0 fully saturated rings. The van der Waals surface area contributed by atoms with Gasteiger partial charge in [-0.05, 0) is 5.92 Å². The van der Waals surface area contributed by atoms with Gasteiger partial charge in [0.25, 0.3) is 0 Å². The molecule has 0 atom stereocenters. The van der Waals surface area contributed by atoms with Gasteiger partial charge >= 0.3 is 6.03 Å². The van der Waals surface area contributed by atoms with Crippen LogP contribution in [-0.2, 0) is 4.79 Å². The van der Waals surface area contributed by atoms with Crippen molar-refractivity contribution in [3.63, 3.8) is 0 Å². The Labute approximate surface area is 121 Å². The molecule has 6 N–H and O–H groups in total. The first-order valence-electron chi connectivity index (χ1n) is 5.97.